The van der Waals surface area contributed by atoms with Gasteiger partial charge < -0.3 is 20.5 Å². The molecule has 5 heteroatoms. The van der Waals surface area contributed by atoms with E-state index >= 15 is 0 Å². The lowest BCUT2D eigenvalue weighted by Crippen LogP contribution is -2.57. The summed E-state index contributed by atoms with van der Waals surface area (Å²) in [6, 6.07) is 0. The molecule has 1 aliphatic rings. The zero-order valence-corrected chi connectivity index (χ0v) is 9.03. The minimum Gasteiger partial charge on any atom is -0.394 e. The second kappa shape index (κ2) is 4.14. The van der Waals surface area contributed by atoms with E-state index in [1.165, 1.54) is 0 Å². The molecule has 1 aliphatic heterocycles. The highest BCUT2D eigenvalue weighted by molar-refractivity contribution is 5.78. The van der Waals surface area contributed by atoms with Gasteiger partial charge in [0.25, 0.3) is 0 Å². The van der Waals surface area contributed by atoms with Crippen molar-refractivity contribution in [3.8, 4) is 0 Å². The summed E-state index contributed by atoms with van der Waals surface area (Å²) in [5, 5.41) is 9.06. The Balaban J connectivity index is 2.70. The number of nitrogens with zero attached hydrogens (tertiary/aromatic N) is 2. The molecule has 0 aromatic carbocycles. The lowest BCUT2D eigenvalue weighted by molar-refractivity contribution is -0.134. The molecule has 1 atom stereocenters. The predicted octanol–water partition coefficient (Wildman–Crippen LogP) is -0.597. The molecule has 1 fully saturated rings. The van der Waals surface area contributed by atoms with Gasteiger partial charge >= 0.3 is 0 Å². The van der Waals surface area contributed by atoms with E-state index in [0.717, 1.165) is 0 Å². The van der Waals surface area contributed by atoms with Crippen LogP contribution in [0.3, 0.4) is 0 Å². The lowest BCUT2D eigenvalue weighted by Gasteiger charge is -2.42. The van der Waals surface area contributed by atoms with Crippen molar-refractivity contribution in [2.45, 2.75) is 25.6 Å². The van der Waals surface area contributed by atoms with Gasteiger partial charge in [-0.15, -0.1) is 0 Å². The average Bonchev–Trinajstić information content (AvgIpc) is 2.14. The van der Waals surface area contributed by atoms with E-state index < -0.39 is 0 Å². The van der Waals surface area contributed by atoms with Crippen LogP contribution < -0.4 is 5.73 Å². The van der Waals surface area contributed by atoms with E-state index in [2.05, 4.69) is 4.99 Å². The van der Waals surface area contributed by atoms with E-state index in [9.17, 15) is 0 Å². The summed E-state index contributed by atoms with van der Waals surface area (Å²) in [4.78, 5) is 5.86. The Kier molecular flexibility index (Phi) is 3.34. The van der Waals surface area contributed by atoms with Gasteiger partial charge in [-0.25, -0.2) is 0 Å². The Morgan fingerprint density at radius 3 is 2.86 bits per heavy atom. The molecule has 1 rings (SSSR count). The first-order valence-electron chi connectivity index (χ1n) is 4.74. The number of aliphatic imine (C=N–C) groups is 1. The molecule has 1 unspecified atom stereocenters. The van der Waals surface area contributed by atoms with Crippen LogP contribution in [0.1, 0.15) is 13.8 Å². The van der Waals surface area contributed by atoms with E-state index in [1.54, 1.807) is 7.05 Å². The summed E-state index contributed by atoms with van der Waals surface area (Å²) in [5.41, 5.74) is 5.43. The summed E-state index contributed by atoms with van der Waals surface area (Å²) in [6.07, 6.45) is -0.181. The van der Waals surface area contributed by atoms with Gasteiger partial charge in [0.1, 0.15) is 0 Å². The number of hydrogen-bond donors (Lipinski definition) is 2. The van der Waals surface area contributed by atoms with Crippen molar-refractivity contribution in [1.29, 1.82) is 0 Å². The standard InChI is InChI=1S/C9H19N3O2/c1-9(2)6-12(8(10)11-3)4-7(5-13)14-9/h7,13H,4-6H2,1-3H3,(H2,10,11). The number of morpholine rings is 1. The highest BCUT2D eigenvalue weighted by Crippen LogP contribution is 2.20. The van der Waals surface area contributed by atoms with Crippen molar-refractivity contribution < 1.29 is 9.84 Å². The van der Waals surface area contributed by atoms with Crippen molar-refractivity contribution in [1.82, 2.24) is 4.90 Å². The number of guanidine groups is 1. The van der Waals surface area contributed by atoms with Gasteiger partial charge in [-0.2, -0.15) is 0 Å². The largest absolute Gasteiger partial charge is 0.394 e. The monoisotopic (exact) mass is 201 g/mol. The minimum absolute atomic E-state index is 0.0108. The van der Waals surface area contributed by atoms with E-state index in [1.807, 2.05) is 18.7 Å². The smallest absolute Gasteiger partial charge is 0.191 e. The van der Waals surface area contributed by atoms with E-state index in [0.29, 0.717) is 19.0 Å². The van der Waals surface area contributed by atoms with Crippen LogP contribution in [0.4, 0.5) is 0 Å². The summed E-state index contributed by atoms with van der Waals surface area (Å²) in [7, 11) is 1.66. The van der Waals surface area contributed by atoms with Gasteiger partial charge in [0.2, 0.25) is 0 Å². The van der Waals surface area contributed by atoms with Gasteiger partial charge in [-0.1, -0.05) is 0 Å². The quantitative estimate of drug-likeness (QED) is 0.439. The zero-order valence-electron chi connectivity index (χ0n) is 9.03. The molecule has 3 N–H and O–H groups in total. The molecule has 0 spiro atoms. The number of aliphatic hydroxyl groups is 1. The average molecular weight is 201 g/mol. The van der Waals surface area contributed by atoms with Crippen LogP contribution in [0, 0.1) is 0 Å². The third kappa shape index (κ3) is 2.59. The predicted molar refractivity (Wildman–Crippen MR) is 55.2 cm³/mol. The van der Waals surface area contributed by atoms with Gasteiger partial charge in [-0.3, -0.25) is 4.99 Å². The van der Waals surface area contributed by atoms with Crippen LogP contribution in [0.15, 0.2) is 4.99 Å². The molecule has 0 aromatic rings. The van der Waals surface area contributed by atoms with Crippen LogP contribution in [-0.2, 0) is 4.74 Å². The van der Waals surface area contributed by atoms with Gasteiger partial charge in [0.15, 0.2) is 5.96 Å². The SMILES string of the molecule is CN=C(N)N1CC(CO)OC(C)(C)C1. The van der Waals surface area contributed by atoms with Gasteiger partial charge in [0, 0.05) is 20.1 Å². The first kappa shape index (κ1) is 11.3. The number of aliphatic hydroxyl groups excluding tert-OH is 1. The molecule has 0 saturated carbocycles. The lowest BCUT2D eigenvalue weighted by atomic mass is 10.1. The Hall–Kier alpha value is -0.810. The maximum Gasteiger partial charge on any atom is 0.191 e. The van der Waals surface area contributed by atoms with Crippen LogP contribution in [0.25, 0.3) is 0 Å². The minimum atomic E-state index is -0.291. The maximum absolute atomic E-state index is 9.06. The Morgan fingerprint density at radius 1 is 1.71 bits per heavy atom. The Morgan fingerprint density at radius 2 is 2.36 bits per heavy atom. The number of hydrogen-bond acceptors (Lipinski definition) is 3. The molecular formula is C9H19N3O2. The van der Waals surface area contributed by atoms with Crippen molar-refractivity contribution in [2.75, 3.05) is 26.7 Å². The van der Waals surface area contributed by atoms with Crippen LogP contribution in [-0.4, -0.2) is 54.4 Å². The van der Waals surface area contributed by atoms with Crippen molar-refractivity contribution in [3.05, 3.63) is 0 Å². The fraction of sp³-hybridized carbons (Fsp3) is 0.889. The fourth-order valence-corrected chi connectivity index (χ4v) is 1.71. The van der Waals surface area contributed by atoms with Crippen molar-refractivity contribution in [2.24, 2.45) is 10.7 Å². The third-order valence-electron chi connectivity index (χ3n) is 2.24. The molecule has 1 heterocycles. The first-order chi connectivity index (χ1) is 6.48. The second-order valence-corrected chi connectivity index (χ2v) is 4.14. The molecule has 1 saturated heterocycles. The van der Waals surface area contributed by atoms with Crippen LogP contribution in [0.5, 0.6) is 0 Å². The molecule has 82 valence electrons. The maximum atomic E-state index is 9.06. The fourth-order valence-electron chi connectivity index (χ4n) is 1.71. The molecule has 0 amide bonds. The van der Waals surface area contributed by atoms with Crippen molar-refractivity contribution in [3.63, 3.8) is 0 Å². The Bertz CT molecular complexity index is 228. The summed E-state index contributed by atoms with van der Waals surface area (Å²) >= 11 is 0. The van der Waals surface area contributed by atoms with Gasteiger partial charge in [0.05, 0.1) is 18.3 Å². The number of ether oxygens (including phenoxy) is 1. The summed E-state index contributed by atoms with van der Waals surface area (Å²) in [6.45, 7) is 5.27. The van der Waals surface area contributed by atoms with Gasteiger partial charge in [-0.05, 0) is 13.8 Å². The zero-order chi connectivity index (χ0) is 10.8. The molecule has 0 radical (unpaired) electrons. The summed E-state index contributed by atoms with van der Waals surface area (Å²) in [5.74, 6) is 0.500. The van der Waals surface area contributed by atoms with Crippen LogP contribution >= 0.6 is 0 Å². The molecule has 0 aromatic heterocycles. The Labute approximate surface area is 84.6 Å². The molecular weight excluding hydrogens is 182 g/mol. The number of rotatable bonds is 1. The molecule has 0 aliphatic carbocycles. The highest BCUT2D eigenvalue weighted by Gasteiger charge is 2.33. The van der Waals surface area contributed by atoms with Crippen LogP contribution in [0.2, 0.25) is 0 Å². The normalized spacial score (nSPS) is 27.9. The second-order valence-electron chi connectivity index (χ2n) is 4.14. The van der Waals surface area contributed by atoms with E-state index in [-0.39, 0.29) is 18.3 Å². The van der Waals surface area contributed by atoms with E-state index in [4.69, 9.17) is 15.6 Å². The highest BCUT2D eigenvalue weighted by atomic mass is 16.5. The third-order valence-corrected chi connectivity index (χ3v) is 2.24. The summed E-state index contributed by atoms with van der Waals surface area (Å²) < 4.78 is 5.65. The molecule has 0 bridgehead atoms. The molecule has 5 nitrogen and oxygen atoms in total. The first-order valence-corrected chi connectivity index (χ1v) is 4.74. The van der Waals surface area contributed by atoms with Crippen molar-refractivity contribution >= 4 is 5.96 Å². The topological polar surface area (TPSA) is 71.1 Å². The number of nitrogens with two attached hydrogens (primary N) is 1. The molecule has 14 heavy (non-hydrogen) atoms.